The molecule has 5 heteroatoms. The fourth-order valence-corrected chi connectivity index (χ4v) is 3.66. The maximum Gasteiger partial charge on any atom is 0.258 e. The molecule has 0 unspecified atom stereocenters. The number of aryl methyl sites for hydroxylation is 1. The first-order chi connectivity index (χ1) is 13.5. The number of nitrogens with zero attached hydrogens (tertiary/aromatic N) is 3. The van der Waals surface area contributed by atoms with E-state index >= 15 is 0 Å². The highest BCUT2D eigenvalue weighted by Gasteiger charge is 2.27. The van der Waals surface area contributed by atoms with Gasteiger partial charge < -0.3 is 9.47 Å². The lowest BCUT2D eigenvalue weighted by molar-refractivity contribution is 0.0993. The average molecular weight is 371 g/mol. The predicted octanol–water partition coefficient (Wildman–Crippen LogP) is 4.73. The van der Waals surface area contributed by atoms with Crippen molar-refractivity contribution in [1.29, 1.82) is 0 Å². The van der Waals surface area contributed by atoms with E-state index < -0.39 is 0 Å². The minimum Gasteiger partial charge on any atom is -0.312 e. The molecule has 28 heavy (non-hydrogen) atoms. The summed E-state index contributed by atoms with van der Waals surface area (Å²) >= 11 is 0. The van der Waals surface area contributed by atoms with Crippen LogP contribution in [0.1, 0.15) is 41.6 Å². The standard InChI is InChI=1S/C23H21N3O2/c1-4-26-21-12-7-16(13-20(21)19(14-22(26)27)15-5-6-15)23(28)25(3)18-10-8-17(24-2)9-11-18/h7-15H,4-6H2,1,3H3. The van der Waals surface area contributed by atoms with Gasteiger partial charge in [0.25, 0.3) is 11.5 Å². The number of anilines is 1. The van der Waals surface area contributed by atoms with Crippen molar-refractivity contribution in [3.8, 4) is 0 Å². The molecule has 0 radical (unpaired) electrons. The van der Waals surface area contributed by atoms with Crippen LogP contribution in [0, 0.1) is 6.57 Å². The third-order valence-electron chi connectivity index (χ3n) is 5.39. The molecule has 4 rings (SSSR count). The van der Waals surface area contributed by atoms with E-state index in [1.54, 1.807) is 52.9 Å². The molecule has 1 fully saturated rings. The van der Waals surface area contributed by atoms with Gasteiger partial charge in [-0.05, 0) is 61.6 Å². The number of carbonyl (C=O) groups excluding carboxylic acids is 1. The van der Waals surface area contributed by atoms with Crippen LogP contribution in [0.5, 0.6) is 0 Å². The SMILES string of the molecule is [C-]#[N+]c1ccc(N(C)C(=O)c2ccc3c(c2)c(C2CC2)cc(=O)n3CC)cc1. The number of fused-ring (bicyclic) bond motifs is 1. The number of carbonyl (C=O) groups is 1. The number of hydrogen-bond acceptors (Lipinski definition) is 2. The molecule has 0 spiro atoms. The second-order valence-electron chi connectivity index (χ2n) is 7.18. The monoisotopic (exact) mass is 371 g/mol. The van der Waals surface area contributed by atoms with Gasteiger partial charge in [0.05, 0.1) is 12.1 Å². The van der Waals surface area contributed by atoms with E-state index in [1.807, 2.05) is 19.1 Å². The lowest BCUT2D eigenvalue weighted by Crippen LogP contribution is -2.26. The van der Waals surface area contributed by atoms with Crippen molar-refractivity contribution in [3.63, 3.8) is 0 Å². The summed E-state index contributed by atoms with van der Waals surface area (Å²) < 4.78 is 1.75. The molecule has 0 aliphatic heterocycles. The van der Waals surface area contributed by atoms with Crippen molar-refractivity contribution in [3.05, 3.63) is 81.4 Å². The highest BCUT2D eigenvalue weighted by Crippen LogP contribution is 2.42. The van der Waals surface area contributed by atoms with Crippen LogP contribution in [0.25, 0.3) is 15.7 Å². The quantitative estimate of drug-likeness (QED) is 0.623. The molecule has 0 atom stereocenters. The molecular weight excluding hydrogens is 350 g/mol. The first kappa shape index (κ1) is 18.0. The Kier molecular flexibility index (Phi) is 4.48. The predicted molar refractivity (Wildman–Crippen MR) is 111 cm³/mol. The molecule has 2 aromatic carbocycles. The highest BCUT2D eigenvalue weighted by atomic mass is 16.2. The zero-order valence-corrected chi connectivity index (χ0v) is 16.0. The van der Waals surface area contributed by atoms with Crippen LogP contribution in [0.2, 0.25) is 0 Å². The van der Waals surface area contributed by atoms with Crippen LogP contribution in [0.4, 0.5) is 11.4 Å². The summed E-state index contributed by atoms with van der Waals surface area (Å²) in [6.45, 7) is 9.60. The van der Waals surface area contributed by atoms with Crippen LogP contribution >= 0.6 is 0 Å². The average Bonchev–Trinajstić information content (AvgIpc) is 3.57. The van der Waals surface area contributed by atoms with Gasteiger partial charge in [0.15, 0.2) is 5.69 Å². The highest BCUT2D eigenvalue weighted by molar-refractivity contribution is 6.07. The van der Waals surface area contributed by atoms with E-state index in [9.17, 15) is 9.59 Å². The molecule has 1 amide bonds. The topological polar surface area (TPSA) is 46.7 Å². The summed E-state index contributed by atoms with van der Waals surface area (Å²) in [6.07, 6.45) is 2.19. The van der Waals surface area contributed by atoms with Gasteiger partial charge in [-0.2, -0.15) is 0 Å². The Balaban J connectivity index is 1.77. The van der Waals surface area contributed by atoms with Crippen molar-refractivity contribution in [2.24, 2.45) is 0 Å². The Hall–Kier alpha value is -3.39. The van der Waals surface area contributed by atoms with Crippen molar-refractivity contribution >= 4 is 28.2 Å². The van der Waals surface area contributed by atoms with Gasteiger partial charge in [0.1, 0.15) is 0 Å². The fourth-order valence-electron chi connectivity index (χ4n) is 3.66. The van der Waals surface area contributed by atoms with Crippen LogP contribution in [-0.4, -0.2) is 17.5 Å². The molecule has 0 N–H and O–H groups in total. The van der Waals surface area contributed by atoms with E-state index in [2.05, 4.69) is 4.85 Å². The summed E-state index contributed by atoms with van der Waals surface area (Å²) in [7, 11) is 1.73. The van der Waals surface area contributed by atoms with E-state index in [0.29, 0.717) is 23.7 Å². The van der Waals surface area contributed by atoms with Crippen LogP contribution in [-0.2, 0) is 6.54 Å². The normalized spacial score (nSPS) is 13.3. The molecule has 1 saturated carbocycles. The van der Waals surface area contributed by atoms with Crippen molar-refractivity contribution in [2.75, 3.05) is 11.9 Å². The van der Waals surface area contributed by atoms with Gasteiger partial charge in [-0.15, -0.1) is 0 Å². The third-order valence-corrected chi connectivity index (χ3v) is 5.39. The third kappa shape index (κ3) is 3.07. The molecular formula is C23H21N3O2. The van der Waals surface area contributed by atoms with E-state index in [4.69, 9.17) is 6.57 Å². The number of hydrogen-bond donors (Lipinski definition) is 0. The zero-order chi connectivity index (χ0) is 19.8. The van der Waals surface area contributed by atoms with Gasteiger partial charge in [-0.25, -0.2) is 4.85 Å². The first-order valence-electron chi connectivity index (χ1n) is 9.46. The smallest absolute Gasteiger partial charge is 0.258 e. The number of rotatable bonds is 4. The Morgan fingerprint density at radius 1 is 1.18 bits per heavy atom. The minimum atomic E-state index is -0.117. The summed E-state index contributed by atoms with van der Waals surface area (Å²) in [6, 6.07) is 14.3. The van der Waals surface area contributed by atoms with E-state index in [-0.39, 0.29) is 11.5 Å². The summed E-state index contributed by atoms with van der Waals surface area (Å²) in [5, 5.41) is 0.992. The Bertz CT molecular complexity index is 1170. The molecule has 1 aliphatic rings. The van der Waals surface area contributed by atoms with Gasteiger partial charge in [0.2, 0.25) is 0 Å². The molecule has 0 bridgehead atoms. The molecule has 140 valence electrons. The first-order valence-corrected chi connectivity index (χ1v) is 9.46. The van der Waals surface area contributed by atoms with Gasteiger partial charge in [-0.1, -0.05) is 12.1 Å². The number of aromatic nitrogens is 1. The zero-order valence-electron chi connectivity index (χ0n) is 16.0. The summed E-state index contributed by atoms with van der Waals surface area (Å²) in [4.78, 5) is 30.5. The van der Waals surface area contributed by atoms with Gasteiger partial charge in [-0.3, -0.25) is 9.59 Å². The molecule has 5 nitrogen and oxygen atoms in total. The van der Waals surface area contributed by atoms with Crippen LogP contribution in [0.15, 0.2) is 53.3 Å². The molecule has 1 aromatic heterocycles. The Morgan fingerprint density at radius 2 is 1.89 bits per heavy atom. The maximum absolute atomic E-state index is 13.1. The lowest BCUT2D eigenvalue weighted by Gasteiger charge is -2.19. The van der Waals surface area contributed by atoms with Crippen molar-refractivity contribution in [2.45, 2.75) is 32.2 Å². The minimum absolute atomic E-state index is 0.0213. The molecule has 1 heterocycles. The summed E-state index contributed by atoms with van der Waals surface area (Å²) in [5.74, 6) is 0.305. The fraction of sp³-hybridized carbons (Fsp3) is 0.261. The maximum atomic E-state index is 13.1. The largest absolute Gasteiger partial charge is 0.312 e. The number of benzene rings is 2. The van der Waals surface area contributed by atoms with E-state index in [0.717, 1.165) is 35.0 Å². The molecule has 3 aromatic rings. The van der Waals surface area contributed by atoms with Crippen LogP contribution < -0.4 is 10.5 Å². The Morgan fingerprint density at radius 3 is 2.50 bits per heavy atom. The summed E-state index contributed by atoms with van der Waals surface area (Å²) in [5.41, 5.74) is 3.83. The Labute approximate surface area is 163 Å². The molecule has 0 saturated heterocycles. The van der Waals surface area contributed by atoms with Gasteiger partial charge >= 0.3 is 0 Å². The van der Waals surface area contributed by atoms with Gasteiger partial charge in [0, 0.05) is 36.3 Å². The molecule has 1 aliphatic carbocycles. The second kappa shape index (κ2) is 6.97. The van der Waals surface area contributed by atoms with Crippen molar-refractivity contribution < 1.29 is 4.79 Å². The lowest BCUT2D eigenvalue weighted by atomic mass is 10.0. The van der Waals surface area contributed by atoms with Crippen LogP contribution in [0.3, 0.4) is 0 Å². The number of amides is 1. The second-order valence-corrected chi connectivity index (χ2v) is 7.18. The van der Waals surface area contributed by atoms with E-state index in [1.165, 1.54) is 0 Å². The number of pyridine rings is 1. The van der Waals surface area contributed by atoms with Crippen molar-refractivity contribution in [1.82, 2.24) is 4.57 Å².